The molecule has 0 saturated carbocycles. The zero-order chi connectivity index (χ0) is 2.71. The fourth-order valence-electron chi connectivity index (χ4n) is 0. The summed E-state index contributed by atoms with van der Waals surface area (Å²) in [5.74, 6) is 0. The average molecular weight is 94.3 g/mol. The van der Waals surface area contributed by atoms with Gasteiger partial charge in [-0.25, -0.2) is 0 Å². The van der Waals surface area contributed by atoms with Crippen LogP contribution in [0.15, 0.2) is 0 Å². The van der Waals surface area contributed by atoms with Gasteiger partial charge in [-0.2, -0.15) is 0 Å². The van der Waals surface area contributed by atoms with E-state index in [4.69, 9.17) is 0 Å². The SMILES string of the molecule is CO[SiH3].[SiH4]. The Morgan fingerprint density at radius 2 is 1.75 bits per heavy atom. The van der Waals surface area contributed by atoms with E-state index in [1.54, 1.807) is 7.11 Å². The third kappa shape index (κ3) is 30.0. The zero-order valence-corrected chi connectivity index (χ0v) is 4.41. The van der Waals surface area contributed by atoms with E-state index in [1.165, 1.54) is 0 Å². The van der Waals surface area contributed by atoms with E-state index in [2.05, 4.69) is 4.43 Å². The quantitative estimate of drug-likeness (QED) is 0.301. The Kier molecular flexibility index (Phi) is 22.1. The molecule has 0 aromatic heterocycles. The van der Waals surface area contributed by atoms with Gasteiger partial charge >= 0.3 is 0 Å². The summed E-state index contributed by atoms with van der Waals surface area (Å²) in [7, 11) is 2.56. The van der Waals surface area contributed by atoms with Crippen LogP contribution in [0.2, 0.25) is 0 Å². The van der Waals surface area contributed by atoms with E-state index >= 15 is 0 Å². The molecule has 0 bridgehead atoms. The Balaban J connectivity index is 0. The molecule has 1 nitrogen and oxygen atoms in total. The highest BCUT2D eigenvalue weighted by Crippen LogP contribution is 1.24. The second-order valence-electron chi connectivity index (χ2n) is 0.408. The third-order valence-electron chi connectivity index (χ3n) is 0. The van der Waals surface area contributed by atoms with Gasteiger partial charge in [0.1, 0.15) is 10.5 Å². The highest BCUT2D eigenvalue weighted by molar-refractivity contribution is 5.97. The van der Waals surface area contributed by atoms with Crippen molar-refractivity contribution in [2.24, 2.45) is 0 Å². The van der Waals surface area contributed by atoms with Crippen molar-refractivity contribution < 1.29 is 4.43 Å². The van der Waals surface area contributed by atoms with E-state index in [1.807, 2.05) is 0 Å². The topological polar surface area (TPSA) is 9.23 Å². The lowest BCUT2D eigenvalue weighted by Crippen LogP contribution is -1.60. The summed E-state index contributed by atoms with van der Waals surface area (Å²) in [6.07, 6.45) is 0. The smallest absolute Gasteiger partial charge is 0.145 e. The van der Waals surface area contributed by atoms with Crippen molar-refractivity contribution in [1.29, 1.82) is 0 Å². The van der Waals surface area contributed by atoms with Gasteiger partial charge in [-0.05, 0) is 11.0 Å². The lowest BCUT2D eigenvalue weighted by atomic mass is 11.8. The first-order chi connectivity index (χ1) is 1.41. The van der Waals surface area contributed by atoms with Crippen molar-refractivity contribution in [3.8, 4) is 0 Å². The molecule has 0 aliphatic heterocycles. The summed E-state index contributed by atoms with van der Waals surface area (Å²) in [5.41, 5.74) is 0. The average Bonchev–Trinajstić information content (AvgIpc) is 0.918. The molecule has 0 amide bonds. The first kappa shape index (κ1) is 8.83. The van der Waals surface area contributed by atoms with Crippen molar-refractivity contribution in [2.45, 2.75) is 0 Å². The summed E-state index contributed by atoms with van der Waals surface area (Å²) in [5, 5.41) is 0. The molecule has 0 aromatic rings. The van der Waals surface area contributed by atoms with Gasteiger partial charge in [-0.3, -0.25) is 0 Å². The molecule has 3 heteroatoms. The molecule has 0 N–H and O–H groups in total. The van der Waals surface area contributed by atoms with Crippen LogP contribution in [0.3, 0.4) is 0 Å². The van der Waals surface area contributed by atoms with E-state index in [0.717, 1.165) is 10.5 Å². The molecule has 0 atom stereocenters. The van der Waals surface area contributed by atoms with Crippen LogP contribution >= 0.6 is 0 Å². The van der Waals surface area contributed by atoms with Gasteiger partial charge in [-0.1, -0.05) is 0 Å². The highest BCUT2D eigenvalue weighted by atomic mass is 28.2. The van der Waals surface area contributed by atoms with E-state index in [9.17, 15) is 0 Å². The maximum atomic E-state index is 4.39. The van der Waals surface area contributed by atoms with E-state index < -0.39 is 0 Å². The van der Waals surface area contributed by atoms with E-state index in [0.29, 0.717) is 0 Å². The minimum absolute atomic E-state index is 0. The number of rotatable bonds is 0. The summed E-state index contributed by atoms with van der Waals surface area (Å²) >= 11 is 0. The molecule has 0 heterocycles. The fraction of sp³-hybridized carbons (Fsp3) is 1.00. The van der Waals surface area contributed by atoms with Gasteiger partial charge in [0, 0.05) is 7.11 Å². The Morgan fingerprint density at radius 1 is 1.75 bits per heavy atom. The van der Waals surface area contributed by atoms with Crippen LogP contribution in [0.1, 0.15) is 0 Å². The Hall–Kier alpha value is 0.394. The largest absolute Gasteiger partial charge is 0.431 e. The normalized spacial score (nSPS) is 5.25. The van der Waals surface area contributed by atoms with Crippen LogP contribution in [0.5, 0.6) is 0 Å². The molecule has 0 aromatic carbocycles. The van der Waals surface area contributed by atoms with E-state index in [-0.39, 0.29) is 11.0 Å². The molecule has 0 aliphatic rings. The molecular formula is CH10OSi2. The minimum atomic E-state index is 0. The molecule has 0 saturated heterocycles. The van der Waals surface area contributed by atoms with Crippen LogP contribution in [0.4, 0.5) is 0 Å². The first-order valence-electron chi connectivity index (χ1n) is 0.816. The molecule has 0 aliphatic carbocycles. The summed E-state index contributed by atoms with van der Waals surface area (Å²) in [6.45, 7) is 0. The monoisotopic (exact) mass is 94.0 g/mol. The van der Waals surface area contributed by atoms with Crippen molar-refractivity contribution >= 4 is 21.5 Å². The van der Waals surface area contributed by atoms with Crippen LogP contribution in [0.25, 0.3) is 0 Å². The van der Waals surface area contributed by atoms with Gasteiger partial charge in [0.25, 0.3) is 0 Å². The molecule has 0 unspecified atom stereocenters. The van der Waals surface area contributed by atoms with Gasteiger partial charge in [0.05, 0.1) is 0 Å². The van der Waals surface area contributed by atoms with Crippen LogP contribution in [0, 0.1) is 0 Å². The molecule has 28 valence electrons. The summed E-state index contributed by atoms with van der Waals surface area (Å²) < 4.78 is 4.39. The van der Waals surface area contributed by atoms with Crippen molar-refractivity contribution in [1.82, 2.24) is 0 Å². The molecule has 0 spiro atoms. The van der Waals surface area contributed by atoms with Crippen LogP contribution < -0.4 is 0 Å². The maximum absolute atomic E-state index is 4.39. The van der Waals surface area contributed by atoms with Crippen LogP contribution in [-0.4, -0.2) is 28.6 Å². The molecule has 0 radical (unpaired) electrons. The van der Waals surface area contributed by atoms with Crippen molar-refractivity contribution in [3.63, 3.8) is 0 Å². The molecular weight excluding hydrogens is 84.2 g/mol. The van der Waals surface area contributed by atoms with Gasteiger partial charge < -0.3 is 4.43 Å². The van der Waals surface area contributed by atoms with Gasteiger partial charge in [0.2, 0.25) is 0 Å². The first-order valence-corrected chi connectivity index (χ1v) is 1.63. The lowest BCUT2D eigenvalue weighted by Gasteiger charge is -1.61. The Bertz CT molecular complexity index is 6.00. The van der Waals surface area contributed by atoms with Gasteiger partial charge in [-0.15, -0.1) is 0 Å². The summed E-state index contributed by atoms with van der Waals surface area (Å²) in [4.78, 5) is 0. The lowest BCUT2D eigenvalue weighted by molar-refractivity contribution is 0.460. The van der Waals surface area contributed by atoms with Gasteiger partial charge in [0.15, 0.2) is 0 Å². The molecule has 0 rings (SSSR count). The van der Waals surface area contributed by atoms with Crippen LogP contribution in [-0.2, 0) is 4.43 Å². The zero-order valence-electron chi connectivity index (χ0n) is 2.41. The number of hydrogen-bond donors (Lipinski definition) is 0. The standard InChI is InChI=1S/CH6OSi.H4Si/c1-2-3;/h1,3H3;1H4. The Labute approximate surface area is 33.9 Å². The second kappa shape index (κ2) is 10.0. The molecule has 0 fully saturated rings. The predicted molar refractivity (Wildman–Crippen MR) is 28.3 cm³/mol. The maximum Gasteiger partial charge on any atom is 0.145 e. The number of hydrogen-bond acceptors (Lipinski definition) is 1. The minimum Gasteiger partial charge on any atom is -0.431 e. The summed E-state index contributed by atoms with van der Waals surface area (Å²) in [6, 6.07) is 0. The second-order valence-corrected chi connectivity index (χ2v) is 1.22. The van der Waals surface area contributed by atoms with Crippen molar-refractivity contribution in [3.05, 3.63) is 0 Å². The highest BCUT2D eigenvalue weighted by Gasteiger charge is 1.27. The predicted octanol–water partition coefficient (Wildman–Crippen LogP) is -2.54. The Morgan fingerprint density at radius 3 is 1.75 bits per heavy atom. The fourth-order valence-corrected chi connectivity index (χ4v) is 0. The third-order valence-corrected chi connectivity index (χ3v) is 0. The molecule has 4 heavy (non-hydrogen) atoms. The van der Waals surface area contributed by atoms with Crippen molar-refractivity contribution in [2.75, 3.05) is 7.11 Å².